The van der Waals surface area contributed by atoms with Crippen LogP contribution in [0.1, 0.15) is 11.3 Å². The van der Waals surface area contributed by atoms with E-state index in [0.29, 0.717) is 22.9 Å². The lowest BCUT2D eigenvalue weighted by Gasteiger charge is -2.08. The molecule has 1 heterocycles. The Hall–Kier alpha value is -1.85. The van der Waals surface area contributed by atoms with Crippen LogP contribution in [-0.2, 0) is 11.4 Å². The first-order valence-electron chi connectivity index (χ1n) is 5.35. The van der Waals surface area contributed by atoms with E-state index in [0.717, 1.165) is 11.8 Å². The van der Waals surface area contributed by atoms with Gasteiger partial charge in [-0.05, 0) is 24.3 Å². The molecule has 0 atom stereocenters. The molecule has 0 unspecified atom stereocenters. The van der Waals surface area contributed by atoms with Gasteiger partial charge in [-0.1, -0.05) is 11.6 Å². The molecule has 4 nitrogen and oxygen atoms in total. The molecule has 6 heteroatoms. The maximum atomic E-state index is 10.5. The molecule has 0 saturated carbocycles. The van der Waals surface area contributed by atoms with Gasteiger partial charge >= 0.3 is 5.97 Å². The minimum Gasteiger partial charge on any atom is -0.487 e. The molecular formula is C13H10ClNO3S. The summed E-state index contributed by atoms with van der Waals surface area (Å²) < 4.78 is 5.61. The number of rotatable bonds is 5. The molecule has 0 bridgehead atoms. The minimum absolute atomic E-state index is 0.332. The van der Waals surface area contributed by atoms with Crippen LogP contribution in [0, 0.1) is 0 Å². The van der Waals surface area contributed by atoms with E-state index >= 15 is 0 Å². The Balaban J connectivity index is 2.16. The zero-order valence-corrected chi connectivity index (χ0v) is 11.3. The number of nitrogens with zero attached hydrogens (tertiary/aromatic N) is 1. The lowest BCUT2D eigenvalue weighted by molar-refractivity contribution is -0.131. The first-order chi connectivity index (χ1) is 9.15. The fraction of sp³-hybridized carbons (Fsp3) is 0.0769. The average molecular weight is 296 g/mol. The molecule has 0 amide bonds. The Kier molecular flexibility index (Phi) is 4.54. The van der Waals surface area contributed by atoms with Crippen molar-refractivity contribution in [3.8, 4) is 5.75 Å². The molecule has 1 aromatic heterocycles. The van der Waals surface area contributed by atoms with Crippen LogP contribution in [0.4, 0.5) is 0 Å². The van der Waals surface area contributed by atoms with Gasteiger partial charge in [0, 0.05) is 22.0 Å². The number of hydrogen-bond acceptors (Lipinski definition) is 4. The number of aliphatic carboxylic acids is 1. The molecular weight excluding hydrogens is 286 g/mol. The highest BCUT2D eigenvalue weighted by molar-refractivity contribution is 7.07. The van der Waals surface area contributed by atoms with Gasteiger partial charge in [-0.3, -0.25) is 0 Å². The standard InChI is InChI=1S/C13H10ClNO3S/c14-10-2-3-12(9(5-10)1-4-13(16)17)18-6-11-7-19-8-15-11/h1-5,7-8H,6H2,(H,16,17). The lowest BCUT2D eigenvalue weighted by atomic mass is 10.2. The molecule has 0 aliphatic heterocycles. The monoisotopic (exact) mass is 295 g/mol. The van der Waals surface area contributed by atoms with Crippen molar-refractivity contribution in [2.24, 2.45) is 0 Å². The molecule has 19 heavy (non-hydrogen) atoms. The first-order valence-corrected chi connectivity index (χ1v) is 6.67. The summed E-state index contributed by atoms with van der Waals surface area (Å²) in [7, 11) is 0. The van der Waals surface area contributed by atoms with Crippen LogP contribution in [-0.4, -0.2) is 16.1 Å². The number of aromatic nitrogens is 1. The third-order valence-electron chi connectivity index (χ3n) is 2.24. The van der Waals surface area contributed by atoms with Crippen molar-refractivity contribution < 1.29 is 14.6 Å². The fourth-order valence-electron chi connectivity index (χ4n) is 1.40. The van der Waals surface area contributed by atoms with Crippen LogP contribution in [0.3, 0.4) is 0 Å². The smallest absolute Gasteiger partial charge is 0.328 e. The van der Waals surface area contributed by atoms with Crippen LogP contribution in [0.15, 0.2) is 35.2 Å². The van der Waals surface area contributed by atoms with Gasteiger partial charge in [-0.2, -0.15) is 0 Å². The molecule has 0 aliphatic rings. The molecule has 0 saturated heterocycles. The van der Waals surface area contributed by atoms with Crippen molar-refractivity contribution in [1.82, 2.24) is 4.98 Å². The second-order valence-electron chi connectivity index (χ2n) is 3.62. The number of ether oxygens (including phenoxy) is 1. The SMILES string of the molecule is O=C(O)C=Cc1cc(Cl)ccc1OCc1cscn1. The largest absolute Gasteiger partial charge is 0.487 e. The van der Waals surface area contributed by atoms with Crippen LogP contribution >= 0.6 is 22.9 Å². The summed E-state index contributed by atoms with van der Waals surface area (Å²) in [6.07, 6.45) is 2.49. The number of halogens is 1. The fourth-order valence-corrected chi connectivity index (χ4v) is 2.13. The van der Waals surface area contributed by atoms with Crippen LogP contribution in [0.25, 0.3) is 6.08 Å². The molecule has 1 aromatic carbocycles. The van der Waals surface area contributed by atoms with Crippen molar-refractivity contribution in [2.75, 3.05) is 0 Å². The van der Waals surface area contributed by atoms with Crippen molar-refractivity contribution >= 4 is 35.0 Å². The zero-order chi connectivity index (χ0) is 13.7. The second-order valence-corrected chi connectivity index (χ2v) is 4.78. The van der Waals surface area contributed by atoms with Gasteiger partial charge < -0.3 is 9.84 Å². The van der Waals surface area contributed by atoms with Crippen molar-refractivity contribution in [3.63, 3.8) is 0 Å². The molecule has 0 aliphatic carbocycles. The Morgan fingerprint density at radius 3 is 3.05 bits per heavy atom. The van der Waals surface area contributed by atoms with Gasteiger partial charge in [0.2, 0.25) is 0 Å². The number of carboxylic acid groups (broad SMARTS) is 1. The topological polar surface area (TPSA) is 59.4 Å². The van der Waals surface area contributed by atoms with Gasteiger partial charge in [0.1, 0.15) is 12.4 Å². The van der Waals surface area contributed by atoms with Crippen molar-refractivity contribution in [1.29, 1.82) is 0 Å². The Morgan fingerprint density at radius 2 is 2.37 bits per heavy atom. The van der Waals surface area contributed by atoms with Gasteiger partial charge in [0.15, 0.2) is 0 Å². The van der Waals surface area contributed by atoms with E-state index in [1.807, 2.05) is 5.38 Å². The highest BCUT2D eigenvalue weighted by Gasteiger charge is 2.04. The number of benzene rings is 1. The van der Waals surface area contributed by atoms with Gasteiger partial charge in [0.25, 0.3) is 0 Å². The van der Waals surface area contributed by atoms with Gasteiger partial charge in [0.05, 0.1) is 11.2 Å². The van der Waals surface area contributed by atoms with Crippen LogP contribution in [0.2, 0.25) is 5.02 Å². The van der Waals surface area contributed by atoms with E-state index in [4.69, 9.17) is 21.4 Å². The van der Waals surface area contributed by atoms with Gasteiger partial charge in [-0.15, -0.1) is 11.3 Å². The molecule has 0 fully saturated rings. The number of carbonyl (C=O) groups is 1. The molecule has 1 N–H and O–H groups in total. The summed E-state index contributed by atoms with van der Waals surface area (Å²) in [4.78, 5) is 14.7. The Labute approximate surface area is 118 Å². The third kappa shape index (κ3) is 4.08. The van der Waals surface area contributed by atoms with E-state index < -0.39 is 5.97 Å². The van der Waals surface area contributed by atoms with Gasteiger partial charge in [-0.25, -0.2) is 9.78 Å². The second kappa shape index (κ2) is 6.36. The Morgan fingerprint density at radius 1 is 1.53 bits per heavy atom. The summed E-state index contributed by atoms with van der Waals surface area (Å²) in [6, 6.07) is 5.05. The predicted molar refractivity (Wildman–Crippen MR) is 74.6 cm³/mol. The predicted octanol–water partition coefficient (Wildman–Crippen LogP) is 3.47. The first kappa shape index (κ1) is 13.6. The zero-order valence-electron chi connectivity index (χ0n) is 9.75. The maximum Gasteiger partial charge on any atom is 0.328 e. The van der Waals surface area contributed by atoms with Crippen LogP contribution in [0.5, 0.6) is 5.75 Å². The van der Waals surface area contributed by atoms with E-state index in [1.165, 1.54) is 17.4 Å². The quantitative estimate of drug-likeness (QED) is 0.858. The normalized spacial score (nSPS) is 10.8. The molecule has 0 spiro atoms. The Bertz CT molecular complexity index is 596. The van der Waals surface area contributed by atoms with Crippen LogP contribution < -0.4 is 4.74 Å². The summed E-state index contributed by atoms with van der Waals surface area (Å²) >= 11 is 7.38. The molecule has 0 radical (unpaired) electrons. The number of carboxylic acids is 1. The van der Waals surface area contributed by atoms with E-state index in [1.54, 1.807) is 23.7 Å². The van der Waals surface area contributed by atoms with E-state index in [9.17, 15) is 4.79 Å². The number of hydrogen-bond donors (Lipinski definition) is 1. The summed E-state index contributed by atoms with van der Waals surface area (Å²) in [5, 5.41) is 11.1. The molecule has 2 aromatic rings. The highest BCUT2D eigenvalue weighted by Crippen LogP contribution is 2.25. The third-order valence-corrected chi connectivity index (χ3v) is 3.11. The molecule has 98 valence electrons. The summed E-state index contributed by atoms with van der Waals surface area (Å²) in [5.41, 5.74) is 3.17. The highest BCUT2D eigenvalue weighted by atomic mass is 35.5. The minimum atomic E-state index is -1.02. The average Bonchev–Trinajstić information content (AvgIpc) is 2.88. The summed E-state index contributed by atoms with van der Waals surface area (Å²) in [5.74, 6) is -0.458. The summed E-state index contributed by atoms with van der Waals surface area (Å²) in [6.45, 7) is 0.332. The molecule has 2 rings (SSSR count). The number of thiazole rings is 1. The van der Waals surface area contributed by atoms with E-state index in [2.05, 4.69) is 4.98 Å². The van der Waals surface area contributed by atoms with Crippen molar-refractivity contribution in [3.05, 3.63) is 51.4 Å². The lowest BCUT2D eigenvalue weighted by Crippen LogP contribution is -1.97. The van der Waals surface area contributed by atoms with E-state index in [-0.39, 0.29) is 0 Å². The van der Waals surface area contributed by atoms with Crippen molar-refractivity contribution in [2.45, 2.75) is 6.61 Å². The maximum absolute atomic E-state index is 10.5.